The Morgan fingerprint density at radius 2 is 2.00 bits per heavy atom. The summed E-state index contributed by atoms with van der Waals surface area (Å²) in [4.78, 5) is 10.7. The third kappa shape index (κ3) is 4.00. The van der Waals surface area contributed by atoms with Crippen LogP contribution in [0, 0.1) is 0 Å². The number of rotatable bonds is 6. The van der Waals surface area contributed by atoms with Crippen molar-refractivity contribution in [2.75, 3.05) is 6.61 Å². The Balaban J connectivity index is 2.53. The third-order valence-electron chi connectivity index (χ3n) is 2.40. The summed E-state index contributed by atoms with van der Waals surface area (Å²) in [7, 11) is 0. The normalized spacial score (nSPS) is 14.4. The molecule has 4 heteroatoms. The Hall–Kier alpha value is -1.39. The molecule has 0 heterocycles. The first-order chi connectivity index (χ1) is 7.63. The number of carboxylic acid groups (broad SMARTS) is 1. The van der Waals surface area contributed by atoms with E-state index in [9.17, 15) is 4.79 Å². The summed E-state index contributed by atoms with van der Waals surface area (Å²) in [5.41, 5.74) is 1.08. The average molecular weight is 223 g/mol. The Morgan fingerprint density at radius 3 is 2.50 bits per heavy atom. The van der Waals surface area contributed by atoms with E-state index >= 15 is 0 Å². The van der Waals surface area contributed by atoms with Crippen LogP contribution in [0.4, 0.5) is 0 Å². The van der Waals surface area contributed by atoms with Crippen molar-refractivity contribution in [3.05, 3.63) is 35.9 Å². The first kappa shape index (κ1) is 12.7. The molecule has 16 heavy (non-hydrogen) atoms. The Bertz CT molecular complexity index is 326. The van der Waals surface area contributed by atoms with Crippen LogP contribution in [-0.4, -0.2) is 34.9 Å². The van der Waals surface area contributed by atoms with Gasteiger partial charge in [-0.05, 0) is 18.9 Å². The zero-order valence-electron chi connectivity index (χ0n) is 9.26. The van der Waals surface area contributed by atoms with Crippen molar-refractivity contribution in [2.24, 2.45) is 0 Å². The SMILES string of the molecule is CC(N[C@@H](CO)Cc1ccccc1)C(=O)O. The molecule has 0 saturated carbocycles. The highest BCUT2D eigenvalue weighted by Gasteiger charge is 2.16. The van der Waals surface area contributed by atoms with Crippen LogP contribution >= 0.6 is 0 Å². The van der Waals surface area contributed by atoms with Gasteiger partial charge in [0.1, 0.15) is 6.04 Å². The van der Waals surface area contributed by atoms with Crippen molar-refractivity contribution in [3.63, 3.8) is 0 Å². The van der Waals surface area contributed by atoms with Gasteiger partial charge in [-0.1, -0.05) is 30.3 Å². The zero-order valence-corrected chi connectivity index (χ0v) is 9.26. The number of benzene rings is 1. The Labute approximate surface area is 94.9 Å². The van der Waals surface area contributed by atoms with E-state index in [1.165, 1.54) is 0 Å². The number of aliphatic hydroxyl groups is 1. The van der Waals surface area contributed by atoms with Gasteiger partial charge in [-0.2, -0.15) is 0 Å². The summed E-state index contributed by atoms with van der Waals surface area (Å²) in [5, 5.41) is 20.8. The molecule has 0 saturated heterocycles. The highest BCUT2D eigenvalue weighted by Crippen LogP contribution is 2.03. The number of aliphatic hydroxyl groups excluding tert-OH is 1. The molecular formula is C12H17NO3. The topological polar surface area (TPSA) is 69.6 Å². The number of hydrogen-bond acceptors (Lipinski definition) is 3. The van der Waals surface area contributed by atoms with E-state index in [4.69, 9.17) is 10.2 Å². The van der Waals surface area contributed by atoms with E-state index < -0.39 is 12.0 Å². The highest BCUT2D eigenvalue weighted by atomic mass is 16.4. The Kier molecular flexibility index (Phi) is 4.95. The second kappa shape index (κ2) is 6.25. The number of carboxylic acids is 1. The maximum atomic E-state index is 10.7. The van der Waals surface area contributed by atoms with E-state index in [1.54, 1.807) is 6.92 Å². The maximum Gasteiger partial charge on any atom is 0.320 e. The van der Waals surface area contributed by atoms with E-state index in [2.05, 4.69) is 5.32 Å². The molecule has 0 spiro atoms. The minimum atomic E-state index is -0.911. The highest BCUT2D eigenvalue weighted by molar-refractivity contribution is 5.72. The minimum Gasteiger partial charge on any atom is -0.480 e. The largest absolute Gasteiger partial charge is 0.480 e. The number of nitrogens with one attached hydrogen (secondary N) is 1. The van der Waals surface area contributed by atoms with Gasteiger partial charge < -0.3 is 10.2 Å². The van der Waals surface area contributed by atoms with Gasteiger partial charge in [-0.25, -0.2) is 0 Å². The smallest absolute Gasteiger partial charge is 0.320 e. The van der Waals surface area contributed by atoms with Crippen LogP contribution in [0.25, 0.3) is 0 Å². The fourth-order valence-electron chi connectivity index (χ4n) is 1.50. The van der Waals surface area contributed by atoms with Gasteiger partial charge >= 0.3 is 5.97 Å². The lowest BCUT2D eigenvalue weighted by atomic mass is 10.1. The molecule has 3 N–H and O–H groups in total. The molecule has 0 bridgehead atoms. The lowest BCUT2D eigenvalue weighted by Gasteiger charge is -2.19. The van der Waals surface area contributed by atoms with Gasteiger partial charge in [0.2, 0.25) is 0 Å². The lowest BCUT2D eigenvalue weighted by molar-refractivity contribution is -0.139. The maximum absolute atomic E-state index is 10.7. The van der Waals surface area contributed by atoms with Crippen LogP contribution in [-0.2, 0) is 11.2 Å². The van der Waals surface area contributed by atoms with Crippen molar-refractivity contribution in [1.29, 1.82) is 0 Å². The molecule has 4 nitrogen and oxygen atoms in total. The van der Waals surface area contributed by atoms with Crippen molar-refractivity contribution >= 4 is 5.97 Å². The predicted molar refractivity (Wildman–Crippen MR) is 61.3 cm³/mol. The molecule has 0 radical (unpaired) electrons. The molecule has 1 rings (SSSR count). The lowest BCUT2D eigenvalue weighted by Crippen LogP contribution is -2.44. The van der Waals surface area contributed by atoms with E-state index in [-0.39, 0.29) is 12.6 Å². The number of carbonyl (C=O) groups is 1. The molecule has 88 valence electrons. The van der Waals surface area contributed by atoms with Crippen LogP contribution in [0.15, 0.2) is 30.3 Å². The van der Waals surface area contributed by atoms with Crippen molar-refractivity contribution in [2.45, 2.75) is 25.4 Å². The summed E-state index contributed by atoms with van der Waals surface area (Å²) >= 11 is 0. The van der Waals surface area contributed by atoms with Crippen molar-refractivity contribution < 1.29 is 15.0 Å². The molecule has 0 aromatic heterocycles. The van der Waals surface area contributed by atoms with Crippen LogP contribution in [0.3, 0.4) is 0 Å². The van der Waals surface area contributed by atoms with Crippen LogP contribution in [0.5, 0.6) is 0 Å². The molecule has 0 aliphatic heterocycles. The van der Waals surface area contributed by atoms with Gasteiger partial charge in [0.05, 0.1) is 6.61 Å². The average Bonchev–Trinajstić information content (AvgIpc) is 2.29. The second-order valence-electron chi connectivity index (χ2n) is 3.80. The molecule has 1 unspecified atom stereocenters. The summed E-state index contributed by atoms with van der Waals surface area (Å²) in [6.07, 6.45) is 0.620. The Morgan fingerprint density at radius 1 is 1.38 bits per heavy atom. The van der Waals surface area contributed by atoms with Crippen molar-refractivity contribution in [3.8, 4) is 0 Å². The standard InChI is InChI=1S/C12H17NO3/c1-9(12(15)16)13-11(8-14)7-10-5-3-2-4-6-10/h2-6,9,11,13-14H,7-8H2,1H3,(H,15,16)/t9?,11-/m1/s1. The predicted octanol–water partition coefficient (Wildman–Crippen LogP) is 0.653. The minimum absolute atomic E-state index is 0.0769. The summed E-state index contributed by atoms with van der Waals surface area (Å²) < 4.78 is 0. The van der Waals surface area contributed by atoms with E-state index in [0.29, 0.717) is 6.42 Å². The first-order valence-corrected chi connectivity index (χ1v) is 5.27. The third-order valence-corrected chi connectivity index (χ3v) is 2.40. The van der Waals surface area contributed by atoms with Gasteiger partial charge in [0.15, 0.2) is 0 Å². The van der Waals surface area contributed by atoms with Gasteiger partial charge in [0, 0.05) is 6.04 Å². The van der Waals surface area contributed by atoms with Crippen molar-refractivity contribution in [1.82, 2.24) is 5.32 Å². The molecule has 0 amide bonds. The number of hydrogen-bond donors (Lipinski definition) is 3. The summed E-state index contributed by atoms with van der Waals surface area (Å²) in [6, 6.07) is 8.79. The van der Waals surface area contributed by atoms with Crippen LogP contribution in [0.1, 0.15) is 12.5 Å². The molecular weight excluding hydrogens is 206 g/mol. The number of aliphatic carboxylic acids is 1. The van der Waals surface area contributed by atoms with Gasteiger partial charge in [-0.15, -0.1) is 0 Å². The summed E-state index contributed by atoms with van der Waals surface area (Å²) in [5.74, 6) is -0.911. The molecule has 2 atom stereocenters. The fraction of sp³-hybridized carbons (Fsp3) is 0.417. The summed E-state index contributed by atoms with van der Waals surface area (Å²) in [6.45, 7) is 1.49. The molecule has 0 aliphatic carbocycles. The monoisotopic (exact) mass is 223 g/mol. The van der Waals surface area contributed by atoms with Gasteiger partial charge in [0.25, 0.3) is 0 Å². The quantitative estimate of drug-likeness (QED) is 0.662. The molecule has 0 aliphatic rings. The van der Waals surface area contributed by atoms with Crippen LogP contribution < -0.4 is 5.32 Å². The first-order valence-electron chi connectivity index (χ1n) is 5.27. The molecule has 1 aromatic carbocycles. The second-order valence-corrected chi connectivity index (χ2v) is 3.80. The molecule has 1 aromatic rings. The zero-order chi connectivity index (χ0) is 12.0. The van der Waals surface area contributed by atoms with Crippen LogP contribution in [0.2, 0.25) is 0 Å². The van der Waals surface area contributed by atoms with E-state index in [1.807, 2.05) is 30.3 Å². The molecule has 0 fully saturated rings. The fourth-order valence-corrected chi connectivity index (χ4v) is 1.50. The van der Waals surface area contributed by atoms with Gasteiger partial charge in [-0.3, -0.25) is 10.1 Å². The van der Waals surface area contributed by atoms with E-state index in [0.717, 1.165) is 5.56 Å².